The van der Waals surface area contributed by atoms with Gasteiger partial charge < -0.3 is 10.2 Å². The van der Waals surface area contributed by atoms with Crippen LogP contribution in [0.4, 0.5) is 5.69 Å². The fourth-order valence-corrected chi connectivity index (χ4v) is 4.01. The van der Waals surface area contributed by atoms with Crippen molar-refractivity contribution in [3.8, 4) is 0 Å². The molecule has 0 saturated carbocycles. The number of nitrogens with zero attached hydrogens (tertiary/aromatic N) is 1. The Morgan fingerprint density at radius 1 is 1.17 bits per heavy atom. The predicted molar refractivity (Wildman–Crippen MR) is 97.1 cm³/mol. The number of benzene rings is 2. The standard InChI is InChI=1S/C19H22N2OS/c1-15-13-21(17-9-5-6-10-18(17)23-15)14-19(22)20-12-11-16-7-3-2-4-8-16/h2-10,15H,11-14H2,1H3,(H,20,22)/t15-/m0/s1. The molecule has 0 bridgehead atoms. The van der Waals surface area contributed by atoms with Crippen molar-refractivity contribution in [1.82, 2.24) is 5.32 Å². The van der Waals surface area contributed by atoms with Gasteiger partial charge in [-0.05, 0) is 24.1 Å². The van der Waals surface area contributed by atoms with Gasteiger partial charge in [0.05, 0.1) is 12.2 Å². The minimum Gasteiger partial charge on any atom is -0.360 e. The first kappa shape index (κ1) is 15.9. The SMILES string of the molecule is C[C@H]1CN(CC(=O)NCCc2ccccc2)c2ccccc2S1. The van der Waals surface area contributed by atoms with Crippen LogP contribution in [0.15, 0.2) is 59.5 Å². The molecule has 0 spiro atoms. The molecule has 1 N–H and O–H groups in total. The number of nitrogens with one attached hydrogen (secondary N) is 1. The van der Waals surface area contributed by atoms with E-state index in [1.807, 2.05) is 36.0 Å². The highest BCUT2D eigenvalue weighted by atomic mass is 32.2. The molecular formula is C19H22N2OS. The van der Waals surface area contributed by atoms with Crippen molar-refractivity contribution >= 4 is 23.4 Å². The van der Waals surface area contributed by atoms with E-state index in [0.717, 1.165) is 13.0 Å². The van der Waals surface area contributed by atoms with Gasteiger partial charge in [-0.25, -0.2) is 0 Å². The summed E-state index contributed by atoms with van der Waals surface area (Å²) < 4.78 is 0. The number of thioether (sulfide) groups is 1. The maximum absolute atomic E-state index is 12.3. The minimum absolute atomic E-state index is 0.0924. The number of carbonyl (C=O) groups is 1. The van der Waals surface area contributed by atoms with E-state index in [2.05, 4.69) is 47.5 Å². The molecule has 0 radical (unpaired) electrons. The number of hydrogen-bond donors (Lipinski definition) is 1. The van der Waals surface area contributed by atoms with Crippen molar-refractivity contribution < 1.29 is 4.79 Å². The summed E-state index contributed by atoms with van der Waals surface area (Å²) in [4.78, 5) is 15.7. The lowest BCUT2D eigenvalue weighted by Gasteiger charge is -2.33. The van der Waals surface area contributed by atoms with Crippen LogP contribution in [0.5, 0.6) is 0 Å². The smallest absolute Gasteiger partial charge is 0.239 e. The highest BCUT2D eigenvalue weighted by Crippen LogP contribution is 2.37. The van der Waals surface area contributed by atoms with E-state index < -0.39 is 0 Å². The van der Waals surface area contributed by atoms with Gasteiger partial charge in [0.2, 0.25) is 5.91 Å². The van der Waals surface area contributed by atoms with Crippen LogP contribution in [0.25, 0.3) is 0 Å². The number of fused-ring (bicyclic) bond motifs is 1. The molecule has 0 unspecified atom stereocenters. The summed E-state index contributed by atoms with van der Waals surface area (Å²) in [5.74, 6) is 0.0924. The molecule has 0 fully saturated rings. The quantitative estimate of drug-likeness (QED) is 0.914. The van der Waals surface area contributed by atoms with Crippen LogP contribution >= 0.6 is 11.8 Å². The molecule has 2 aromatic rings. The Morgan fingerprint density at radius 3 is 2.74 bits per heavy atom. The normalized spacial score (nSPS) is 16.7. The van der Waals surface area contributed by atoms with Gasteiger partial charge in [0.15, 0.2) is 0 Å². The second kappa shape index (κ2) is 7.55. The van der Waals surface area contributed by atoms with E-state index in [1.54, 1.807) is 0 Å². The van der Waals surface area contributed by atoms with E-state index in [9.17, 15) is 4.79 Å². The molecule has 2 aromatic carbocycles. The van der Waals surface area contributed by atoms with E-state index in [4.69, 9.17) is 0 Å². The second-order valence-electron chi connectivity index (χ2n) is 5.86. The van der Waals surface area contributed by atoms with Crippen molar-refractivity contribution in [2.45, 2.75) is 23.5 Å². The van der Waals surface area contributed by atoms with Crippen molar-refractivity contribution in [1.29, 1.82) is 0 Å². The molecule has 3 rings (SSSR count). The zero-order chi connectivity index (χ0) is 16.1. The Bertz CT molecular complexity index is 659. The van der Waals surface area contributed by atoms with Crippen LogP contribution in [0.2, 0.25) is 0 Å². The molecule has 23 heavy (non-hydrogen) atoms. The monoisotopic (exact) mass is 326 g/mol. The Labute approximate surface area is 142 Å². The van der Waals surface area contributed by atoms with Crippen LogP contribution < -0.4 is 10.2 Å². The molecule has 4 heteroatoms. The summed E-state index contributed by atoms with van der Waals surface area (Å²) in [5, 5.41) is 3.54. The molecular weight excluding hydrogens is 304 g/mol. The first-order chi connectivity index (χ1) is 11.2. The van der Waals surface area contributed by atoms with E-state index in [-0.39, 0.29) is 5.91 Å². The van der Waals surface area contributed by atoms with Crippen molar-refractivity contribution in [2.24, 2.45) is 0 Å². The third kappa shape index (κ3) is 4.29. The third-order valence-corrected chi connectivity index (χ3v) is 5.08. The number of rotatable bonds is 5. The molecule has 1 heterocycles. The molecule has 0 aliphatic carbocycles. The van der Waals surface area contributed by atoms with Gasteiger partial charge in [-0.1, -0.05) is 49.4 Å². The van der Waals surface area contributed by atoms with Gasteiger partial charge in [0.25, 0.3) is 0 Å². The van der Waals surface area contributed by atoms with E-state index in [0.29, 0.717) is 18.3 Å². The summed E-state index contributed by atoms with van der Waals surface area (Å²) in [5.41, 5.74) is 2.43. The van der Waals surface area contributed by atoms with Gasteiger partial charge in [-0.2, -0.15) is 0 Å². The first-order valence-corrected chi connectivity index (χ1v) is 8.91. The Balaban J connectivity index is 1.54. The van der Waals surface area contributed by atoms with Gasteiger partial charge in [-0.15, -0.1) is 11.8 Å². The van der Waals surface area contributed by atoms with Gasteiger partial charge in [-0.3, -0.25) is 4.79 Å². The lowest BCUT2D eigenvalue weighted by atomic mass is 10.1. The molecule has 1 aliphatic rings. The first-order valence-electron chi connectivity index (χ1n) is 8.03. The lowest BCUT2D eigenvalue weighted by Crippen LogP contribution is -2.42. The van der Waals surface area contributed by atoms with E-state index >= 15 is 0 Å². The van der Waals surface area contributed by atoms with Crippen LogP contribution in [-0.4, -0.2) is 30.8 Å². The fraction of sp³-hybridized carbons (Fsp3) is 0.316. The number of hydrogen-bond acceptors (Lipinski definition) is 3. The maximum atomic E-state index is 12.3. The summed E-state index contributed by atoms with van der Waals surface area (Å²) in [6, 6.07) is 18.6. The zero-order valence-electron chi connectivity index (χ0n) is 13.4. The van der Waals surface area contributed by atoms with Gasteiger partial charge in [0, 0.05) is 23.2 Å². The summed E-state index contributed by atoms with van der Waals surface area (Å²) >= 11 is 1.88. The van der Waals surface area contributed by atoms with Gasteiger partial charge in [0.1, 0.15) is 0 Å². The Kier molecular flexibility index (Phi) is 5.23. The van der Waals surface area contributed by atoms with Crippen molar-refractivity contribution in [2.75, 3.05) is 24.5 Å². The Hall–Kier alpha value is -1.94. The van der Waals surface area contributed by atoms with Crippen molar-refractivity contribution in [3.05, 3.63) is 60.2 Å². The second-order valence-corrected chi connectivity index (χ2v) is 7.34. The highest BCUT2D eigenvalue weighted by molar-refractivity contribution is 8.00. The molecule has 0 aromatic heterocycles. The molecule has 3 nitrogen and oxygen atoms in total. The highest BCUT2D eigenvalue weighted by Gasteiger charge is 2.23. The van der Waals surface area contributed by atoms with Crippen LogP contribution in [-0.2, 0) is 11.2 Å². The Morgan fingerprint density at radius 2 is 1.91 bits per heavy atom. The predicted octanol–water partition coefficient (Wildman–Crippen LogP) is 3.35. The average molecular weight is 326 g/mol. The third-order valence-electron chi connectivity index (χ3n) is 3.92. The average Bonchev–Trinajstić information content (AvgIpc) is 2.55. The van der Waals surface area contributed by atoms with E-state index in [1.165, 1.54) is 16.1 Å². The lowest BCUT2D eigenvalue weighted by molar-refractivity contribution is -0.119. The van der Waals surface area contributed by atoms with Crippen LogP contribution in [0.3, 0.4) is 0 Å². The largest absolute Gasteiger partial charge is 0.360 e. The fourth-order valence-electron chi connectivity index (χ4n) is 2.85. The molecule has 0 saturated heterocycles. The molecule has 1 amide bonds. The zero-order valence-corrected chi connectivity index (χ0v) is 14.2. The van der Waals surface area contributed by atoms with Crippen molar-refractivity contribution in [3.63, 3.8) is 0 Å². The topological polar surface area (TPSA) is 32.3 Å². The summed E-state index contributed by atoms with van der Waals surface area (Å²) in [6.45, 7) is 4.23. The molecule has 1 aliphatic heterocycles. The number of carbonyl (C=O) groups excluding carboxylic acids is 1. The summed E-state index contributed by atoms with van der Waals surface area (Å²) in [6.07, 6.45) is 0.870. The van der Waals surface area contributed by atoms with Gasteiger partial charge >= 0.3 is 0 Å². The maximum Gasteiger partial charge on any atom is 0.239 e. The number of anilines is 1. The van der Waals surface area contributed by atoms with Crippen LogP contribution in [0.1, 0.15) is 12.5 Å². The number of amides is 1. The van der Waals surface area contributed by atoms with Crippen LogP contribution in [0, 0.1) is 0 Å². The number of para-hydroxylation sites is 1. The summed E-state index contributed by atoms with van der Waals surface area (Å²) in [7, 11) is 0. The molecule has 1 atom stereocenters. The molecule has 120 valence electrons. The minimum atomic E-state index is 0.0924.